The Balaban J connectivity index is 2.29. The summed E-state index contributed by atoms with van der Waals surface area (Å²) in [6.07, 6.45) is 2.11. The number of hydrogen-bond acceptors (Lipinski definition) is 3. The molecule has 0 aliphatic heterocycles. The van der Waals surface area contributed by atoms with E-state index in [0.717, 1.165) is 35.4 Å². The van der Waals surface area contributed by atoms with Crippen molar-refractivity contribution >= 4 is 17.1 Å². The van der Waals surface area contributed by atoms with Gasteiger partial charge >= 0.3 is 0 Å². The molecule has 0 aliphatic carbocycles. The van der Waals surface area contributed by atoms with Gasteiger partial charge in [0.1, 0.15) is 5.52 Å². The van der Waals surface area contributed by atoms with Gasteiger partial charge in [0, 0.05) is 5.69 Å². The van der Waals surface area contributed by atoms with E-state index in [1.54, 1.807) is 0 Å². The molecule has 0 saturated heterocycles. The Morgan fingerprint density at radius 2 is 1.90 bits per heavy atom. The molecule has 20 heavy (non-hydrogen) atoms. The summed E-state index contributed by atoms with van der Waals surface area (Å²) in [6.45, 7) is 4.15. The molecular formula is C16H18N4. The number of aryl methyl sites for hydroxylation is 2. The normalized spacial score (nSPS) is 11.1. The van der Waals surface area contributed by atoms with Crippen LogP contribution in [0.25, 0.3) is 16.9 Å². The van der Waals surface area contributed by atoms with Crippen molar-refractivity contribution in [3.8, 4) is 5.69 Å². The number of imidazole rings is 1. The molecule has 0 aliphatic rings. The molecule has 0 saturated carbocycles. The van der Waals surface area contributed by atoms with Crippen LogP contribution in [0.5, 0.6) is 0 Å². The monoisotopic (exact) mass is 266 g/mol. The summed E-state index contributed by atoms with van der Waals surface area (Å²) in [5, 5.41) is 0. The first-order valence-corrected chi connectivity index (χ1v) is 6.90. The number of rotatable bonds is 3. The lowest BCUT2D eigenvalue weighted by atomic mass is 10.1. The SMILES string of the molecule is CCCc1ccccc1-n1c(N)nc2ccc(C)nc21. The van der Waals surface area contributed by atoms with Crippen molar-refractivity contribution in [3.63, 3.8) is 0 Å². The third-order valence-corrected chi connectivity index (χ3v) is 3.42. The first kappa shape index (κ1) is 12.7. The number of anilines is 1. The van der Waals surface area contributed by atoms with E-state index >= 15 is 0 Å². The molecule has 0 radical (unpaired) electrons. The van der Waals surface area contributed by atoms with Crippen LogP contribution >= 0.6 is 0 Å². The third kappa shape index (κ3) is 2.03. The van der Waals surface area contributed by atoms with E-state index in [-0.39, 0.29) is 0 Å². The highest BCUT2D eigenvalue weighted by atomic mass is 15.2. The number of aromatic nitrogens is 3. The quantitative estimate of drug-likeness (QED) is 0.791. The molecule has 0 amide bonds. The number of benzene rings is 1. The van der Waals surface area contributed by atoms with E-state index in [2.05, 4.69) is 35.1 Å². The molecule has 2 aromatic heterocycles. The molecule has 0 bridgehead atoms. The van der Waals surface area contributed by atoms with Crippen molar-refractivity contribution in [3.05, 3.63) is 47.7 Å². The first-order valence-electron chi connectivity index (χ1n) is 6.90. The Hall–Kier alpha value is -2.36. The van der Waals surface area contributed by atoms with Crippen LogP contribution in [0, 0.1) is 6.92 Å². The van der Waals surface area contributed by atoms with Gasteiger partial charge in [0.2, 0.25) is 5.95 Å². The molecule has 0 spiro atoms. The second-order valence-electron chi connectivity index (χ2n) is 4.98. The molecule has 2 heterocycles. The lowest BCUT2D eigenvalue weighted by Crippen LogP contribution is -2.05. The van der Waals surface area contributed by atoms with Gasteiger partial charge in [-0.25, -0.2) is 9.97 Å². The molecule has 3 aromatic rings. The van der Waals surface area contributed by atoms with Gasteiger partial charge in [-0.05, 0) is 37.1 Å². The van der Waals surface area contributed by atoms with E-state index in [1.165, 1.54) is 5.56 Å². The van der Waals surface area contributed by atoms with Gasteiger partial charge in [0.25, 0.3) is 0 Å². The Bertz CT molecular complexity index is 758. The van der Waals surface area contributed by atoms with E-state index in [1.807, 2.05) is 29.7 Å². The minimum atomic E-state index is 0.488. The summed E-state index contributed by atoms with van der Waals surface area (Å²) in [5.74, 6) is 0.488. The van der Waals surface area contributed by atoms with E-state index in [4.69, 9.17) is 5.73 Å². The largest absolute Gasteiger partial charge is 0.369 e. The van der Waals surface area contributed by atoms with Crippen LogP contribution in [0.4, 0.5) is 5.95 Å². The maximum Gasteiger partial charge on any atom is 0.207 e. The zero-order valence-electron chi connectivity index (χ0n) is 11.8. The molecule has 3 rings (SSSR count). The van der Waals surface area contributed by atoms with Gasteiger partial charge in [0.05, 0.1) is 5.69 Å². The maximum atomic E-state index is 6.11. The lowest BCUT2D eigenvalue weighted by molar-refractivity contribution is 0.903. The summed E-state index contributed by atoms with van der Waals surface area (Å²) in [7, 11) is 0. The molecule has 4 heteroatoms. The molecule has 4 nitrogen and oxygen atoms in total. The fourth-order valence-electron chi connectivity index (χ4n) is 2.52. The molecular weight excluding hydrogens is 248 g/mol. The van der Waals surface area contributed by atoms with E-state index < -0.39 is 0 Å². The summed E-state index contributed by atoms with van der Waals surface area (Å²) >= 11 is 0. The molecule has 0 atom stereocenters. The van der Waals surface area contributed by atoms with Crippen LogP contribution in [0.2, 0.25) is 0 Å². The van der Waals surface area contributed by atoms with Crippen LogP contribution < -0.4 is 5.73 Å². The number of hydrogen-bond donors (Lipinski definition) is 1. The van der Waals surface area contributed by atoms with Crippen molar-refractivity contribution in [2.45, 2.75) is 26.7 Å². The zero-order chi connectivity index (χ0) is 14.1. The van der Waals surface area contributed by atoms with Gasteiger partial charge in [-0.15, -0.1) is 0 Å². The van der Waals surface area contributed by atoms with Crippen LogP contribution in [-0.2, 0) is 6.42 Å². The molecule has 0 fully saturated rings. The van der Waals surface area contributed by atoms with Gasteiger partial charge in [-0.3, -0.25) is 4.57 Å². The molecule has 0 unspecified atom stereocenters. The number of nitrogens with zero attached hydrogens (tertiary/aromatic N) is 3. The van der Waals surface area contributed by atoms with E-state index in [0.29, 0.717) is 5.95 Å². The standard InChI is InChI=1S/C16H18N4/c1-3-6-12-7-4-5-8-14(12)20-15-13(19-16(20)17)10-9-11(2)18-15/h4-5,7-10H,3,6H2,1-2H3,(H2,17,19). The highest BCUT2D eigenvalue weighted by molar-refractivity contribution is 5.77. The molecule has 102 valence electrons. The Morgan fingerprint density at radius 1 is 1.10 bits per heavy atom. The number of pyridine rings is 1. The lowest BCUT2D eigenvalue weighted by Gasteiger charge is -2.11. The van der Waals surface area contributed by atoms with Crippen molar-refractivity contribution in [2.24, 2.45) is 0 Å². The number of nitrogen functional groups attached to an aromatic ring is 1. The fourth-order valence-corrected chi connectivity index (χ4v) is 2.52. The summed E-state index contributed by atoms with van der Waals surface area (Å²) in [5.41, 5.74) is 11.1. The topological polar surface area (TPSA) is 56.7 Å². The van der Waals surface area contributed by atoms with Crippen molar-refractivity contribution in [1.29, 1.82) is 0 Å². The van der Waals surface area contributed by atoms with Gasteiger partial charge in [0.15, 0.2) is 5.65 Å². The zero-order valence-corrected chi connectivity index (χ0v) is 11.8. The third-order valence-electron chi connectivity index (χ3n) is 3.42. The number of fused-ring (bicyclic) bond motifs is 1. The number of nitrogens with two attached hydrogens (primary N) is 1. The smallest absolute Gasteiger partial charge is 0.207 e. The maximum absolute atomic E-state index is 6.11. The van der Waals surface area contributed by atoms with Crippen LogP contribution in [0.3, 0.4) is 0 Å². The highest BCUT2D eigenvalue weighted by Gasteiger charge is 2.13. The van der Waals surface area contributed by atoms with Gasteiger partial charge in [-0.1, -0.05) is 31.5 Å². The Kier molecular flexibility index (Phi) is 3.14. The Morgan fingerprint density at radius 3 is 2.70 bits per heavy atom. The average molecular weight is 266 g/mol. The predicted molar refractivity (Wildman–Crippen MR) is 82.0 cm³/mol. The van der Waals surface area contributed by atoms with Crippen molar-refractivity contribution in [2.75, 3.05) is 5.73 Å². The fraction of sp³-hybridized carbons (Fsp3) is 0.250. The van der Waals surface area contributed by atoms with Crippen LogP contribution in [0.1, 0.15) is 24.6 Å². The van der Waals surface area contributed by atoms with Gasteiger partial charge < -0.3 is 5.73 Å². The van der Waals surface area contributed by atoms with Crippen molar-refractivity contribution < 1.29 is 0 Å². The molecule has 2 N–H and O–H groups in total. The summed E-state index contributed by atoms with van der Waals surface area (Å²) < 4.78 is 1.95. The summed E-state index contributed by atoms with van der Waals surface area (Å²) in [4.78, 5) is 9.00. The minimum Gasteiger partial charge on any atom is -0.369 e. The highest BCUT2D eigenvalue weighted by Crippen LogP contribution is 2.25. The van der Waals surface area contributed by atoms with Crippen LogP contribution in [-0.4, -0.2) is 14.5 Å². The summed E-state index contributed by atoms with van der Waals surface area (Å²) in [6, 6.07) is 12.2. The van der Waals surface area contributed by atoms with Gasteiger partial charge in [-0.2, -0.15) is 0 Å². The predicted octanol–water partition coefficient (Wildman–Crippen LogP) is 3.26. The molecule has 1 aromatic carbocycles. The second kappa shape index (κ2) is 4.96. The van der Waals surface area contributed by atoms with Crippen molar-refractivity contribution in [1.82, 2.24) is 14.5 Å². The first-order chi connectivity index (χ1) is 9.70. The van der Waals surface area contributed by atoms with Crippen LogP contribution in [0.15, 0.2) is 36.4 Å². The Labute approximate surface area is 118 Å². The average Bonchev–Trinajstić information content (AvgIpc) is 2.75. The minimum absolute atomic E-state index is 0.488. The number of para-hydroxylation sites is 1. The second-order valence-corrected chi connectivity index (χ2v) is 4.98. The van der Waals surface area contributed by atoms with E-state index in [9.17, 15) is 0 Å².